The van der Waals surface area contributed by atoms with Crippen LogP contribution in [-0.2, 0) is 10.0 Å². The highest BCUT2D eigenvalue weighted by atomic mass is 32.2. The van der Waals surface area contributed by atoms with Gasteiger partial charge in [0.15, 0.2) is 5.75 Å². The van der Waals surface area contributed by atoms with Gasteiger partial charge in [0.05, 0.1) is 6.07 Å². The largest absolute Gasteiger partial charge is 0.300 e. The molecule has 2 fully saturated rings. The van der Waals surface area contributed by atoms with Crippen molar-refractivity contribution in [2.45, 2.75) is 37.8 Å². The summed E-state index contributed by atoms with van der Waals surface area (Å²) in [6.45, 7) is 2.13. The van der Waals surface area contributed by atoms with Crippen molar-refractivity contribution in [3.05, 3.63) is 0 Å². The smallest absolute Gasteiger partial charge is 0.225 e. The minimum absolute atomic E-state index is 0.0256. The maximum Gasteiger partial charge on any atom is 0.225 e. The molecule has 0 aromatic rings. The Labute approximate surface area is 96.5 Å². The number of sulfonamides is 1. The normalized spacial score (nSPS) is 30.9. The monoisotopic (exact) mass is 243 g/mol. The average Bonchev–Trinajstić information content (AvgIpc) is 2.63. The molecule has 90 valence electrons. The number of hydrogen-bond acceptors (Lipinski definition) is 4. The molecular formula is C10H17N3O2S. The summed E-state index contributed by atoms with van der Waals surface area (Å²) in [6.07, 6.45) is 4.16. The maximum atomic E-state index is 11.4. The van der Waals surface area contributed by atoms with Crippen LogP contribution in [0.2, 0.25) is 0 Å². The van der Waals surface area contributed by atoms with Crippen molar-refractivity contribution in [3.8, 4) is 6.07 Å². The SMILES string of the molecule is N#CCS(=O)(=O)NC1CCN2CCCC2C1. The van der Waals surface area contributed by atoms with E-state index in [1.807, 2.05) is 0 Å². The molecule has 2 aliphatic heterocycles. The van der Waals surface area contributed by atoms with Crippen LogP contribution in [0.25, 0.3) is 0 Å². The molecule has 2 atom stereocenters. The van der Waals surface area contributed by atoms with E-state index in [4.69, 9.17) is 5.26 Å². The van der Waals surface area contributed by atoms with Gasteiger partial charge in [-0.05, 0) is 38.8 Å². The van der Waals surface area contributed by atoms with Crippen molar-refractivity contribution < 1.29 is 8.42 Å². The second kappa shape index (κ2) is 4.70. The Morgan fingerprint density at radius 1 is 1.38 bits per heavy atom. The third-order valence-corrected chi connectivity index (χ3v) is 4.62. The Balaban J connectivity index is 1.90. The van der Waals surface area contributed by atoms with E-state index in [-0.39, 0.29) is 6.04 Å². The van der Waals surface area contributed by atoms with Crippen LogP contribution >= 0.6 is 0 Å². The summed E-state index contributed by atoms with van der Waals surface area (Å²) in [5.41, 5.74) is 0. The molecule has 1 N–H and O–H groups in total. The van der Waals surface area contributed by atoms with Crippen LogP contribution in [0.5, 0.6) is 0 Å². The van der Waals surface area contributed by atoms with E-state index < -0.39 is 15.8 Å². The number of piperidine rings is 1. The van der Waals surface area contributed by atoms with Crippen molar-refractivity contribution in [2.24, 2.45) is 0 Å². The van der Waals surface area contributed by atoms with Crippen LogP contribution in [0.3, 0.4) is 0 Å². The number of fused-ring (bicyclic) bond motifs is 1. The predicted octanol–water partition coefficient (Wildman–Crippen LogP) is 0.0562. The summed E-state index contributed by atoms with van der Waals surface area (Å²) in [4.78, 5) is 2.44. The number of hydrogen-bond donors (Lipinski definition) is 1. The van der Waals surface area contributed by atoms with Crippen molar-refractivity contribution in [1.29, 1.82) is 5.26 Å². The third-order valence-electron chi connectivity index (χ3n) is 3.42. The van der Waals surface area contributed by atoms with Crippen LogP contribution < -0.4 is 4.72 Å². The summed E-state index contributed by atoms with van der Waals surface area (Å²) >= 11 is 0. The maximum absolute atomic E-state index is 11.4. The molecule has 0 radical (unpaired) electrons. The van der Waals surface area contributed by atoms with Gasteiger partial charge in [0.2, 0.25) is 10.0 Å². The lowest BCUT2D eigenvalue weighted by atomic mass is 9.99. The van der Waals surface area contributed by atoms with Gasteiger partial charge in [-0.2, -0.15) is 5.26 Å². The first kappa shape index (κ1) is 11.8. The number of nitriles is 1. The zero-order chi connectivity index (χ0) is 11.6. The summed E-state index contributed by atoms with van der Waals surface area (Å²) in [5, 5.41) is 8.40. The third kappa shape index (κ3) is 2.73. The van der Waals surface area contributed by atoms with E-state index in [0.717, 1.165) is 25.9 Å². The molecule has 2 aliphatic rings. The Morgan fingerprint density at radius 2 is 2.19 bits per heavy atom. The van der Waals surface area contributed by atoms with Gasteiger partial charge >= 0.3 is 0 Å². The van der Waals surface area contributed by atoms with Crippen molar-refractivity contribution >= 4 is 10.0 Å². The first-order valence-corrected chi connectivity index (χ1v) is 7.37. The fraction of sp³-hybridized carbons (Fsp3) is 0.900. The molecule has 16 heavy (non-hydrogen) atoms. The van der Waals surface area contributed by atoms with Gasteiger partial charge in [0.1, 0.15) is 0 Å². The lowest BCUT2D eigenvalue weighted by molar-refractivity contribution is 0.176. The van der Waals surface area contributed by atoms with Gasteiger partial charge in [-0.1, -0.05) is 0 Å². The van der Waals surface area contributed by atoms with Crippen LogP contribution in [0, 0.1) is 11.3 Å². The summed E-state index contributed by atoms with van der Waals surface area (Å²) in [6, 6.07) is 2.25. The minimum atomic E-state index is -3.39. The lowest BCUT2D eigenvalue weighted by Crippen LogP contribution is -2.47. The van der Waals surface area contributed by atoms with Gasteiger partial charge in [-0.15, -0.1) is 0 Å². The van der Waals surface area contributed by atoms with Crippen LogP contribution in [-0.4, -0.2) is 44.2 Å². The average molecular weight is 243 g/mol. The number of nitrogens with zero attached hydrogens (tertiary/aromatic N) is 2. The van der Waals surface area contributed by atoms with Crippen molar-refractivity contribution in [2.75, 3.05) is 18.8 Å². The Kier molecular flexibility index (Phi) is 3.47. The molecular weight excluding hydrogens is 226 g/mol. The van der Waals surface area contributed by atoms with Gasteiger partial charge in [-0.3, -0.25) is 0 Å². The van der Waals surface area contributed by atoms with Crippen LogP contribution in [0.1, 0.15) is 25.7 Å². The standard InChI is InChI=1S/C10H17N3O2S/c11-4-7-16(14,15)12-9-3-6-13-5-1-2-10(13)8-9/h9-10,12H,1-3,5-8H2. The highest BCUT2D eigenvalue weighted by Crippen LogP contribution is 2.26. The molecule has 6 heteroatoms. The van der Waals surface area contributed by atoms with Gasteiger partial charge in [-0.25, -0.2) is 13.1 Å². The molecule has 2 saturated heterocycles. The lowest BCUT2D eigenvalue weighted by Gasteiger charge is -2.34. The number of nitrogens with one attached hydrogen (secondary N) is 1. The minimum Gasteiger partial charge on any atom is -0.300 e. The number of rotatable bonds is 3. The molecule has 0 aromatic carbocycles. The molecule has 2 rings (SSSR count). The summed E-state index contributed by atoms with van der Waals surface area (Å²) < 4.78 is 25.5. The molecule has 0 spiro atoms. The van der Waals surface area contributed by atoms with E-state index in [1.54, 1.807) is 6.07 Å². The van der Waals surface area contributed by atoms with E-state index in [1.165, 1.54) is 12.8 Å². The molecule has 0 amide bonds. The molecule has 5 nitrogen and oxygen atoms in total. The van der Waals surface area contributed by atoms with Crippen LogP contribution in [0.15, 0.2) is 0 Å². The van der Waals surface area contributed by atoms with Gasteiger partial charge in [0, 0.05) is 12.1 Å². The Hall–Kier alpha value is -0.640. The first-order valence-electron chi connectivity index (χ1n) is 5.72. The zero-order valence-corrected chi connectivity index (χ0v) is 10.0. The fourth-order valence-corrected chi connectivity index (χ4v) is 3.69. The molecule has 0 aliphatic carbocycles. The molecule has 0 saturated carbocycles. The van der Waals surface area contributed by atoms with E-state index >= 15 is 0 Å². The van der Waals surface area contributed by atoms with Crippen molar-refractivity contribution in [1.82, 2.24) is 9.62 Å². The van der Waals surface area contributed by atoms with E-state index in [9.17, 15) is 8.42 Å². The second-order valence-electron chi connectivity index (χ2n) is 4.59. The molecule has 0 aromatic heterocycles. The highest BCUT2D eigenvalue weighted by molar-refractivity contribution is 7.89. The molecule has 2 unspecified atom stereocenters. The summed E-state index contributed by atoms with van der Waals surface area (Å²) in [7, 11) is -3.39. The fourth-order valence-electron chi connectivity index (χ4n) is 2.71. The predicted molar refractivity (Wildman–Crippen MR) is 60.2 cm³/mol. The Morgan fingerprint density at radius 3 is 2.94 bits per heavy atom. The van der Waals surface area contributed by atoms with E-state index in [2.05, 4.69) is 9.62 Å². The summed E-state index contributed by atoms with van der Waals surface area (Å²) in [5.74, 6) is -0.433. The second-order valence-corrected chi connectivity index (χ2v) is 6.34. The van der Waals surface area contributed by atoms with Gasteiger partial charge < -0.3 is 4.90 Å². The first-order chi connectivity index (χ1) is 7.61. The highest BCUT2D eigenvalue weighted by Gasteiger charge is 2.33. The van der Waals surface area contributed by atoms with E-state index in [0.29, 0.717) is 6.04 Å². The quantitative estimate of drug-likeness (QED) is 0.760. The molecule has 0 bridgehead atoms. The van der Waals surface area contributed by atoms with Crippen molar-refractivity contribution in [3.63, 3.8) is 0 Å². The topological polar surface area (TPSA) is 73.2 Å². The zero-order valence-electron chi connectivity index (χ0n) is 9.22. The molecule has 2 heterocycles. The van der Waals surface area contributed by atoms with Gasteiger partial charge in [0.25, 0.3) is 0 Å². The van der Waals surface area contributed by atoms with Crippen LogP contribution in [0.4, 0.5) is 0 Å². The Bertz CT molecular complexity index is 387.